The van der Waals surface area contributed by atoms with Gasteiger partial charge in [-0.2, -0.15) is 0 Å². The van der Waals surface area contributed by atoms with Gasteiger partial charge >= 0.3 is 0 Å². The largest absolute Gasteiger partial charge is 0.338 e. The lowest BCUT2D eigenvalue weighted by Gasteiger charge is -1.96. The second-order valence-electron chi connectivity index (χ2n) is 6.85. The van der Waals surface area contributed by atoms with Crippen LogP contribution in [0.15, 0.2) is 60.7 Å². The van der Waals surface area contributed by atoms with Gasteiger partial charge in [0.05, 0.1) is 22.1 Å². The summed E-state index contributed by atoms with van der Waals surface area (Å²) < 4.78 is 0. The quantitative estimate of drug-likeness (QED) is 0.432. The Hall–Kier alpha value is -3.73. The predicted octanol–water partition coefficient (Wildman–Crippen LogP) is 5.15. The number of aryl methyl sites for hydroxylation is 1. The first-order valence-electron chi connectivity index (χ1n) is 9.28. The molecule has 0 aliphatic rings. The molecular weight excluding hydrogens is 348 g/mol. The Kier molecular flexibility index (Phi) is 3.79. The topological polar surface area (TPSA) is 74.4 Å². The molecule has 0 fully saturated rings. The number of hydrogen-bond donors (Lipinski definition) is 2. The van der Waals surface area contributed by atoms with Crippen LogP contribution >= 0.6 is 0 Å². The summed E-state index contributed by atoms with van der Waals surface area (Å²) in [5, 5.41) is 0. The van der Waals surface area contributed by atoms with E-state index in [1.54, 1.807) is 12.1 Å². The number of fused-ring (bicyclic) bond motifs is 2. The summed E-state index contributed by atoms with van der Waals surface area (Å²) in [7, 11) is 0. The number of carbonyl (C=O) groups is 1. The zero-order valence-electron chi connectivity index (χ0n) is 15.4. The van der Waals surface area contributed by atoms with Gasteiger partial charge in [0, 0.05) is 16.7 Å². The number of hydrogen-bond acceptors (Lipinski definition) is 3. The van der Waals surface area contributed by atoms with E-state index in [2.05, 4.69) is 46.1 Å². The standard InChI is InChI=1S/C23H18N4O/c1-2-14-5-9-18-20(11-14)26-23(25-18)17-8-10-19-21(12-17)27-22(24-19)16-6-3-15(13-28)4-7-16/h3-13H,2H2,1H3,(H,24,27)(H,25,26). The third kappa shape index (κ3) is 2.77. The third-order valence-corrected chi connectivity index (χ3v) is 5.03. The van der Waals surface area contributed by atoms with Crippen LogP contribution in [0.5, 0.6) is 0 Å². The smallest absolute Gasteiger partial charge is 0.150 e. The highest BCUT2D eigenvalue weighted by atomic mass is 16.1. The summed E-state index contributed by atoms with van der Waals surface area (Å²) in [5.41, 5.74) is 7.75. The lowest BCUT2D eigenvalue weighted by Crippen LogP contribution is -1.82. The summed E-state index contributed by atoms with van der Waals surface area (Å²) in [6.07, 6.45) is 1.84. The number of aldehydes is 1. The van der Waals surface area contributed by atoms with Crippen molar-refractivity contribution in [3.8, 4) is 22.8 Å². The Balaban J connectivity index is 1.55. The molecule has 2 heterocycles. The van der Waals surface area contributed by atoms with Crippen LogP contribution in [0, 0.1) is 0 Å². The van der Waals surface area contributed by atoms with E-state index in [0.717, 1.165) is 57.5 Å². The average molecular weight is 366 g/mol. The average Bonchev–Trinajstić information content (AvgIpc) is 3.36. The number of rotatable bonds is 4. The normalized spacial score (nSPS) is 11.3. The third-order valence-electron chi connectivity index (χ3n) is 5.03. The minimum absolute atomic E-state index is 0.651. The molecular formula is C23H18N4O. The molecule has 0 aliphatic carbocycles. The molecule has 5 aromatic rings. The van der Waals surface area contributed by atoms with E-state index in [9.17, 15) is 4.79 Å². The molecule has 0 spiro atoms. The molecule has 136 valence electrons. The predicted molar refractivity (Wildman–Crippen MR) is 111 cm³/mol. The number of H-pyrrole nitrogens is 2. The second-order valence-corrected chi connectivity index (χ2v) is 6.85. The zero-order valence-corrected chi connectivity index (χ0v) is 15.4. The molecule has 3 aromatic carbocycles. The van der Waals surface area contributed by atoms with Crippen molar-refractivity contribution in [2.45, 2.75) is 13.3 Å². The van der Waals surface area contributed by atoms with Crippen LogP contribution in [0.2, 0.25) is 0 Å². The first kappa shape index (κ1) is 16.4. The van der Waals surface area contributed by atoms with Crippen molar-refractivity contribution in [1.29, 1.82) is 0 Å². The molecule has 0 bridgehead atoms. The van der Waals surface area contributed by atoms with Crippen LogP contribution in [0.1, 0.15) is 22.8 Å². The first-order chi connectivity index (χ1) is 13.7. The molecule has 0 atom stereocenters. The number of nitrogens with one attached hydrogen (secondary N) is 2. The molecule has 5 rings (SSSR count). The number of nitrogens with zero attached hydrogens (tertiary/aromatic N) is 2. The number of aromatic nitrogens is 4. The Morgan fingerprint density at radius 2 is 1.39 bits per heavy atom. The molecule has 0 aliphatic heterocycles. The molecule has 0 unspecified atom stereocenters. The summed E-state index contributed by atoms with van der Waals surface area (Å²) in [6, 6.07) is 19.8. The van der Waals surface area contributed by atoms with Gasteiger partial charge in [0.25, 0.3) is 0 Å². The molecule has 0 saturated carbocycles. The number of aromatic amines is 2. The monoisotopic (exact) mass is 366 g/mol. The van der Waals surface area contributed by atoms with Gasteiger partial charge in [-0.3, -0.25) is 4.79 Å². The minimum Gasteiger partial charge on any atom is -0.338 e. The fourth-order valence-corrected chi connectivity index (χ4v) is 3.43. The number of carbonyl (C=O) groups excluding carboxylic acids is 1. The molecule has 5 heteroatoms. The van der Waals surface area contributed by atoms with Crippen LogP contribution < -0.4 is 0 Å². The van der Waals surface area contributed by atoms with Crippen LogP contribution in [0.4, 0.5) is 0 Å². The molecule has 2 aromatic heterocycles. The second kappa shape index (κ2) is 6.46. The van der Waals surface area contributed by atoms with Crippen molar-refractivity contribution >= 4 is 28.4 Å². The van der Waals surface area contributed by atoms with Crippen molar-refractivity contribution in [2.24, 2.45) is 0 Å². The highest BCUT2D eigenvalue weighted by molar-refractivity contribution is 5.86. The Morgan fingerprint density at radius 1 is 0.786 bits per heavy atom. The molecule has 2 N–H and O–H groups in total. The highest BCUT2D eigenvalue weighted by Crippen LogP contribution is 2.26. The summed E-state index contributed by atoms with van der Waals surface area (Å²) in [5.74, 6) is 1.62. The molecule has 0 amide bonds. The summed E-state index contributed by atoms with van der Waals surface area (Å²) in [4.78, 5) is 27.0. The number of imidazole rings is 2. The van der Waals surface area contributed by atoms with Crippen LogP contribution in [0.25, 0.3) is 44.8 Å². The lowest BCUT2D eigenvalue weighted by molar-refractivity contribution is 0.112. The Bertz CT molecular complexity index is 1310. The zero-order chi connectivity index (χ0) is 19.1. The number of benzene rings is 3. The van der Waals surface area contributed by atoms with Gasteiger partial charge in [-0.25, -0.2) is 9.97 Å². The lowest BCUT2D eigenvalue weighted by atomic mass is 10.1. The SMILES string of the molecule is CCc1ccc2nc(-c3ccc4nc(-c5ccc(C=O)cc5)[nH]c4c3)[nH]c2c1. The van der Waals surface area contributed by atoms with Crippen molar-refractivity contribution in [3.63, 3.8) is 0 Å². The highest BCUT2D eigenvalue weighted by Gasteiger charge is 2.10. The van der Waals surface area contributed by atoms with Crippen molar-refractivity contribution in [1.82, 2.24) is 19.9 Å². The Labute approximate surface area is 161 Å². The fourth-order valence-electron chi connectivity index (χ4n) is 3.43. The van der Waals surface area contributed by atoms with Crippen LogP contribution in [-0.2, 0) is 6.42 Å². The van der Waals surface area contributed by atoms with Crippen LogP contribution in [0.3, 0.4) is 0 Å². The van der Waals surface area contributed by atoms with Crippen molar-refractivity contribution < 1.29 is 4.79 Å². The maximum absolute atomic E-state index is 10.8. The first-order valence-corrected chi connectivity index (χ1v) is 9.28. The maximum atomic E-state index is 10.8. The van der Waals surface area contributed by atoms with E-state index < -0.39 is 0 Å². The van der Waals surface area contributed by atoms with Gasteiger partial charge in [-0.15, -0.1) is 0 Å². The molecule has 0 radical (unpaired) electrons. The van der Waals surface area contributed by atoms with E-state index in [1.807, 2.05) is 24.3 Å². The van der Waals surface area contributed by atoms with Gasteiger partial charge in [-0.05, 0) is 42.3 Å². The molecule has 0 saturated heterocycles. The summed E-state index contributed by atoms with van der Waals surface area (Å²) >= 11 is 0. The van der Waals surface area contributed by atoms with Gasteiger partial charge in [-0.1, -0.05) is 37.3 Å². The fraction of sp³-hybridized carbons (Fsp3) is 0.0870. The van der Waals surface area contributed by atoms with E-state index in [4.69, 9.17) is 4.98 Å². The van der Waals surface area contributed by atoms with Gasteiger partial charge in [0.1, 0.15) is 17.9 Å². The van der Waals surface area contributed by atoms with Crippen molar-refractivity contribution in [3.05, 3.63) is 71.8 Å². The van der Waals surface area contributed by atoms with E-state index in [0.29, 0.717) is 5.56 Å². The van der Waals surface area contributed by atoms with E-state index >= 15 is 0 Å². The van der Waals surface area contributed by atoms with Gasteiger partial charge in [0.15, 0.2) is 0 Å². The Morgan fingerprint density at radius 3 is 2.07 bits per heavy atom. The van der Waals surface area contributed by atoms with Crippen molar-refractivity contribution in [2.75, 3.05) is 0 Å². The maximum Gasteiger partial charge on any atom is 0.150 e. The minimum atomic E-state index is 0.651. The van der Waals surface area contributed by atoms with E-state index in [1.165, 1.54) is 5.56 Å². The van der Waals surface area contributed by atoms with Gasteiger partial charge in [0.2, 0.25) is 0 Å². The molecule has 5 nitrogen and oxygen atoms in total. The molecule has 28 heavy (non-hydrogen) atoms. The van der Waals surface area contributed by atoms with Gasteiger partial charge < -0.3 is 9.97 Å². The van der Waals surface area contributed by atoms with E-state index in [-0.39, 0.29) is 0 Å². The van der Waals surface area contributed by atoms with Crippen LogP contribution in [-0.4, -0.2) is 26.2 Å². The summed E-state index contributed by atoms with van der Waals surface area (Å²) in [6.45, 7) is 2.15.